The molecule has 0 aliphatic heterocycles. The molecule has 94 valence electrons. The van der Waals surface area contributed by atoms with Gasteiger partial charge in [0.2, 0.25) is 0 Å². The maximum atomic E-state index is 12.2. The lowest BCUT2D eigenvalue weighted by Crippen LogP contribution is -2.30. The molecule has 1 atom stereocenters. The van der Waals surface area contributed by atoms with Gasteiger partial charge < -0.3 is 4.74 Å². The van der Waals surface area contributed by atoms with E-state index in [0.29, 0.717) is 12.8 Å². The molecular weight excluding hydrogens is 204 g/mol. The first-order valence-corrected chi connectivity index (χ1v) is 6.00. The monoisotopic (exact) mass is 228 g/mol. The number of carbonyl (C=O) groups is 2. The summed E-state index contributed by atoms with van der Waals surface area (Å²) in [4.78, 5) is 23.2. The molecule has 0 heterocycles. The van der Waals surface area contributed by atoms with E-state index in [1.807, 2.05) is 27.7 Å². The zero-order valence-corrected chi connectivity index (χ0v) is 11.1. The molecule has 3 nitrogen and oxygen atoms in total. The van der Waals surface area contributed by atoms with Crippen molar-refractivity contribution in [2.45, 2.75) is 53.4 Å². The normalized spacial score (nSPS) is 13.3. The van der Waals surface area contributed by atoms with Crippen LogP contribution in [0.4, 0.5) is 0 Å². The summed E-state index contributed by atoms with van der Waals surface area (Å²) in [5.74, 6) is 0.0102. The van der Waals surface area contributed by atoms with Crippen molar-refractivity contribution in [2.24, 2.45) is 11.3 Å². The second kappa shape index (κ2) is 6.66. The van der Waals surface area contributed by atoms with Gasteiger partial charge in [0.25, 0.3) is 0 Å². The average molecular weight is 228 g/mol. The Bertz CT molecular complexity index is 244. The van der Waals surface area contributed by atoms with E-state index in [9.17, 15) is 9.59 Å². The van der Waals surface area contributed by atoms with Gasteiger partial charge >= 0.3 is 5.97 Å². The molecule has 0 aromatic rings. The quantitative estimate of drug-likeness (QED) is 0.629. The molecule has 3 heteroatoms. The largest absolute Gasteiger partial charge is 0.469 e. The molecule has 0 N–H and O–H groups in total. The molecule has 0 saturated heterocycles. The number of rotatable bonds is 7. The molecule has 0 amide bonds. The van der Waals surface area contributed by atoms with Crippen LogP contribution in [-0.2, 0) is 14.3 Å². The summed E-state index contributed by atoms with van der Waals surface area (Å²) in [5.41, 5.74) is -0.281. The van der Waals surface area contributed by atoms with E-state index in [1.165, 1.54) is 7.11 Å². The van der Waals surface area contributed by atoms with Crippen LogP contribution >= 0.6 is 0 Å². The van der Waals surface area contributed by atoms with Crippen LogP contribution in [0, 0.1) is 11.3 Å². The first-order chi connectivity index (χ1) is 7.38. The minimum absolute atomic E-state index is 0.0194. The van der Waals surface area contributed by atoms with Crippen molar-refractivity contribution in [1.82, 2.24) is 0 Å². The van der Waals surface area contributed by atoms with E-state index in [0.717, 1.165) is 12.8 Å². The Hall–Kier alpha value is -0.860. The van der Waals surface area contributed by atoms with Crippen molar-refractivity contribution >= 4 is 11.8 Å². The Morgan fingerprint density at radius 2 is 1.81 bits per heavy atom. The van der Waals surface area contributed by atoms with Crippen molar-refractivity contribution in [1.29, 1.82) is 0 Å². The van der Waals surface area contributed by atoms with Crippen LogP contribution in [0.1, 0.15) is 53.4 Å². The van der Waals surface area contributed by atoms with E-state index in [4.69, 9.17) is 0 Å². The standard InChI is InChI=1S/C13H24O3/c1-6-10(8-9-11(14)16-5)12(15)13(3,4)7-2/h10H,6-9H2,1-5H3. The van der Waals surface area contributed by atoms with Crippen LogP contribution < -0.4 is 0 Å². The van der Waals surface area contributed by atoms with Crippen molar-refractivity contribution < 1.29 is 14.3 Å². The highest BCUT2D eigenvalue weighted by Crippen LogP contribution is 2.28. The lowest BCUT2D eigenvalue weighted by atomic mass is 9.77. The summed E-state index contributed by atoms with van der Waals surface area (Å²) >= 11 is 0. The van der Waals surface area contributed by atoms with Crippen LogP contribution in [0.3, 0.4) is 0 Å². The summed E-state index contributed by atoms with van der Waals surface area (Å²) in [7, 11) is 1.38. The van der Waals surface area contributed by atoms with Crippen molar-refractivity contribution in [3.05, 3.63) is 0 Å². The van der Waals surface area contributed by atoms with E-state index in [1.54, 1.807) is 0 Å². The maximum absolute atomic E-state index is 12.2. The molecule has 0 aromatic carbocycles. The number of hydrogen-bond acceptors (Lipinski definition) is 3. The van der Waals surface area contributed by atoms with Gasteiger partial charge in [-0.25, -0.2) is 0 Å². The maximum Gasteiger partial charge on any atom is 0.305 e. The molecule has 0 fully saturated rings. The van der Waals surface area contributed by atoms with E-state index in [-0.39, 0.29) is 23.1 Å². The smallest absolute Gasteiger partial charge is 0.305 e. The molecule has 0 saturated carbocycles. The highest BCUT2D eigenvalue weighted by Gasteiger charge is 2.31. The lowest BCUT2D eigenvalue weighted by Gasteiger charge is -2.26. The Labute approximate surface area is 98.6 Å². The molecule has 0 aromatic heterocycles. The van der Waals surface area contributed by atoms with Gasteiger partial charge in [0.05, 0.1) is 7.11 Å². The summed E-state index contributed by atoms with van der Waals surface area (Å²) in [6.07, 6.45) is 2.56. The first kappa shape index (κ1) is 15.1. The third-order valence-electron chi connectivity index (χ3n) is 3.34. The van der Waals surface area contributed by atoms with E-state index in [2.05, 4.69) is 4.74 Å². The van der Waals surface area contributed by atoms with Gasteiger partial charge in [-0.05, 0) is 19.3 Å². The third-order valence-corrected chi connectivity index (χ3v) is 3.34. The SMILES string of the molecule is CCC(CCC(=O)OC)C(=O)C(C)(C)CC. The Morgan fingerprint density at radius 1 is 1.25 bits per heavy atom. The molecule has 0 rings (SSSR count). The number of hydrogen-bond donors (Lipinski definition) is 0. The highest BCUT2D eigenvalue weighted by atomic mass is 16.5. The number of Topliss-reactive ketones (excluding diaryl/α,β-unsaturated/α-hetero) is 1. The minimum atomic E-state index is -0.281. The summed E-state index contributed by atoms with van der Waals surface area (Å²) in [5, 5.41) is 0. The summed E-state index contributed by atoms with van der Waals surface area (Å²) in [6.45, 7) is 7.95. The topological polar surface area (TPSA) is 43.4 Å². The molecule has 16 heavy (non-hydrogen) atoms. The van der Waals surface area contributed by atoms with Gasteiger partial charge in [-0.3, -0.25) is 9.59 Å². The van der Waals surface area contributed by atoms with Crippen LogP contribution in [0.25, 0.3) is 0 Å². The Balaban J connectivity index is 4.39. The molecule has 0 spiro atoms. The molecule has 0 radical (unpaired) electrons. The number of ketones is 1. The molecule has 0 bridgehead atoms. The van der Waals surface area contributed by atoms with Gasteiger partial charge in [-0.1, -0.05) is 27.7 Å². The zero-order chi connectivity index (χ0) is 12.8. The van der Waals surface area contributed by atoms with Gasteiger partial charge in [0.15, 0.2) is 0 Å². The summed E-state index contributed by atoms with van der Waals surface area (Å²) in [6, 6.07) is 0. The second-order valence-corrected chi connectivity index (χ2v) is 4.82. The minimum Gasteiger partial charge on any atom is -0.469 e. The van der Waals surface area contributed by atoms with Gasteiger partial charge in [0.1, 0.15) is 5.78 Å². The number of methoxy groups -OCH3 is 1. The van der Waals surface area contributed by atoms with Crippen LogP contribution in [-0.4, -0.2) is 18.9 Å². The van der Waals surface area contributed by atoms with Gasteiger partial charge in [0, 0.05) is 17.8 Å². The second-order valence-electron chi connectivity index (χ2n) is 4.82. The number of esters is 1. The molecular formula is C13H24O3. The molecule has 0 aliphatic rings. The van der Waals surface area contributed by atoms with Crippen LogP contribution in [0.2, 0.25) is 0 Å². The number of carbonyl (C=O) groups excluding carboxylic acids is 2. The fourth-order valence-electron chi connectivity index (χ4n) is 1.64. The molecule has 1 unspecified atom stereocenters. The van der Waals surface area contributed by atoms with E-state index >= 15 is 0 Å². The fourth-order valence-corrected chi connectivity index (χ4v) is 1.64. The lowest BCUT2D eigenvalue weighted by molar-refractivity contribution is -0.141. The third kappa shape index (κ3) is 4.33. The summed E-state index contributed by atoms with van der Waals surface area (Å²) < 4.78 is 4.59. The van der Waals surface area contributed by atoms with Crippen molar-refractivity contribution in [3.63, 3.8) is 0 Å². The number of ether oxygens (including phenoxy) is 1. The predicted molar refractivity (Wildman–Crippen MR) is 64.1 cm³/mol. The van der Waals surface area contributed by atoms with Crippen LogP contribution in [0.5, 0.6) is 0 Å². The van der Waals surface area contributed by atoms with Gasteiger partial charge in [-0.2, -0.15) is 0 Å². The fraction of sp³-hybridized carbons (Fsp3) is 0.846. The van der Waals surface area contributed by atoms with Crippen molar-refractivity contribution in [3.8, 4) is 0 Å². The van der Waals surface area contributed by atoms with E-state index < -0.39 is 0 Å². The zero-order valence-electron chi connectivity index (χ0n) is 11.1. The van der Waals surface area contributed by atoms with Crippen LogP contribution in [0.15, 0.2) is 0 Å². The average Bonchev–Trinajstić information content (AvgIpc) is 2.29. The van der Waals surface area contributed by atoms with Crippen molar-refractivity contribution in [2.75, 3.05) is 7.11 Å². The molecule has 0 aliphatic carbocycles. The highest BCUT2D eigenvalue weighted by molar-refractivity contribution is 5.86. The van der Waals surface area contributed by atoms with Gasteiger partial charge in [-0.15, -0.1) is 0 Å². The Morgan fingerprint density at radius 3 is 2.19 bits per heavy atom. The predicted octanol–water partition coefficient (Wildman–Crippen LogP) is 2.97. The first-order valence-electron chi connectivity index (χ1n) is 6.00. The Kier molecular flexibility index (Phi) is 6.31.